The lowest BCUT2D eigenvalue weighted by molar-refractivity contribution is -0.116. The molecule has 17 heavy (non-hydrogen) atoms. The van der Waals surface area contributed by atoms with Crippen LogP contribution in [0.4, 0.5) is 11.5 Å². The number of rotatable bonds is 6. The number of nitrogens with zero attached hydrogens (tertiary/aromatic N) is 2. The molecule has 4 N–H and O–H groups in total. The number of carbonyl (C=O) groups is 1. The fraction of sp³-hybridized carbons (Fsp3) is 0.500. The summed E-state index contributed by atoms with van der Waals surface area (Å²) in [7, 11) is 0. The van der Waals surface area contributed by atoms with Crippen molar-refractivity contribution >= 4 is 17.4 Å². The van der Waals surface area contributed by atoms with Crippen LogP contribution in [0.5, 0.6) is 0 Å². The summed E-state index contributed by atoms with van der Waals surface area (Å²) in [5, 5.41) is 0. The molecule has 5 heteroatoms. The first-order chi connectivity index (χ1) is 8.04. The van der Waals surface area contributed by atoms with E-state index >= 15 is 0 Å². The second kappa shape index (κ2) is 6.08. The van der Waals surface area contributed by atoms with Crippen molar-refractivity contribution in [3.8, 4) is 0 Å². The summed E-state index contributed by atoms with van der Waals surface area (Å²) in [5.74, 6) is 0.404. The second-order valence-electron chi connectivity index (χ2n) is 4.09. The highest BCUT2D eigenvalue weighted by molar-refractivity contribution is 5.79. The van der Waals surface area contributed by atoms with Crippen LogP contribution in [0.25, 0.3) is 0 Å². The lowest BCUT2D eigenvalue weighted by Gasteiger charge is -2.22. The lowest BCUT2D eigenvalue weighted by Crippen LogP contribution is -2.35. The van der Waals surface area contributed by atoms with E-state index < -0.39 is 0 Å². The maximum atomic E-state index is 11.0. The zero-order valence-electron chi connectivity index (χ0n) is 10.4. The zero-order valence-corrected chi connectivity index (χ0v) is 10.4. The second-order valence-corrected chi connectivity index (χ2v) is 4.09. The summed E-state index contributed by atoms with van der Waals surface area (Å²) >= 11 is 0. The van der Waals surface area contributed by atoms with E-state index in [1.807, 2.05) is 17.9 Å². The molecule has 1 heterocycles. The number of hydrogen-bond acceptors (Lipinski definition) is 4. The van der Waals surface area contributed by atoms with Crippen LogP contribution in [0, 0.1) is 6.92 Å². The number of hydrogen-bond donors (Lipinski definition) is 2. The minimum atomic E-state index is -0.350. The van der Waals surface area contributed by atoms with Crippen LogP contribution in [0.15, 0.2) is 12.1 Å². The van der Waals surface area contributed by atoms with E-state index in [2.05, 4.69) is 11.9 Å². The van der Waals surface area contributed by atoms with Gasteiger partial charge >= 0.3 is 0 Å². The molecule has 1 aromatic rings. The van der Waals surface area contributed by atoms with Crippen molar-refractivity contribution in [3.63, 3.8) is 0 Å². The van der Waals surface area contributed by atoms with Gasteiger partial charge in [0.05, 0.1) is 17.9 Å². The van der Waals surface area contributed by atoms with E-state index in [0.717, 1.165) is 30.9 Å². The predicted octanol–water partition coefficient (Wildman–Crippen LogP) is 1.06. The van der Waals surface area contributed by atoms with Crippen LogP contribution in [-0.4, -0.2) is 24.0 Å². The average Bonchev–Trinajstić information content (AvgIpc) is 2.27. The molecule has 0 aliphatic rings. The van der Waals surface area contributed by atoms with Gasteiger partial charge in [-0.1, -0.05) is 13.3 Å². The highest BCUT2D eigenvalue weighted by Gasteiger charge is 2.11. The van der Waals surface area contributed by atoms with Crippen LogP contribution in [-0.2, 0) is 4.79 Å². The van der Waals surface area contributed by atoms with Gasteiger partial charge in [-0.25, -0.2) is 4.98 Å². The summed E-state index contributed by atoms with van der Waals surface area (Å²) < 4.78 is 0. The molecule has 1 aromatic heterocycles. The van der Waals surface area contributed by atoms with Crippen molar-refractivity contribution in [3.05, 3.63) is 17.8 Å². The van der Waals surface area contributed by atoms with Gasteiger partial charge < -0.3 is 16.4 Å². The molecular formula is C12H20N4O. The Kier molecular flexibility index (Phi) is 4.75. The highest BCUT2D eigenvalue weighted by atomic mass is 16.1. The SMILES string of the molecule is CCCCN(CC(N)=O)c1ccc(N)c(C)n1. The molecule has 5 nitrogen and oxygen atoms in total. The van der Waals surface area contributed by atoms with Crippen molar-refractivity contribution in [1.29, 1.82) is 0 Å². The molecule has 0 saturated carbocycles. The molecule has 0 radical (unpaired) electrons. The Morgan fingerprint density at radius 3 is 2.71 bits per heavy atom. The summed E-state index contributed by atoms with van der Waals surface area (Å²) in [6.07, 6.45) is 2.06. The average molecular weight is 236 g/mol. The van der Waals surface area contributed by atoms with E-state index in [4.69, 9.17) is 11.5 Å². The van der Waals surface area contributed by atoms with Crippen LogP contribution in [0.3, 0.4) is 0 Å². The number of carbonyl (C=O) groups excluding carboxylic acids is 1. The molecule has 0 atom stereocenters. The maximum Gasteiger partial charge on any atom is 0.236 e. The van der Waals surface area contributed by atoms with E-state index in [1.165, 1.54) is 0 Å². The number of aromatic nitrogens is 1. The third-order valence-electron chi connectivity index (χ3n) is 2.56. The summed E-state index contributed by atoms with van der Waals surface area (Å²) in [6, 6.07) is 3.62. The minimum Gasteiger partial charge on any atom is -0.397 e. The largest absolute Gasteiger partial charge is 0.397 e. The van der Waals surface area contributed by atoms with Crippen molar-refractivity contribution in [2.75, 3.05) is 23.7 Å². The van der Waals surface area contributed by atoms with Gasteiger partial charge in [0, 0.05) is 6.54 Å². The van der Waals surface area contributed by atoms with E-state index in [0.29, 0.717) is 5.69 Å². The van der Waals surface area contributed by atoms with Gasteiger partial charge in [0.1, 0.15) is 5.82 Å². The summed E-state index contributed by atoms with van der Waals surface area (Å²) in [5.41, 5.74) is 12.4. The van der Waals surface area contributed by atoms with Gasteiger partial charge in [-0.05, 0) is 25.5 Å². The molecule has 1 rings (SSSR count). The van der Waals surface area contributed by atoms with Gasteiger partial charge in [0.2, 0.25) is 5.91 Å². The standard InChI is InChI=1S/C12H20N4O/c1-3-4-7-16(8-11(14)17)12-6-5-10(13)9(2)15-12/h5-6H,3-4,7-8,13H2,1-2H3,(H2,14,17). The molecule has 0 spiro atoms. The number of nitrogen functional groups attached to an aromatic ring is 1. The Labute approximate surface area is 102 Å². The Bertz CT molecular complexity index is 392. The first kappa shape index (κ1) is 13.3. The molecule has 0 aliphatic carbocycles. The molecule has 0 bridgehead atoms. The number of amides is 1. The fourth-order valence-electron chi connectivity index (χ4n) is 1.55. The first-order valence-corrected chi connectivity index (χ1v) is 5.81. The van der Waals surface area contributed by atoms with E-state index in [-0.39, 0.29) is 12.5 Å². The van der Waals surface area contributed by atoms with Gasteiger partial charge in [0.15, 0.2) is 0 Å². The number of pyridine rings is 1. The molecule has 0 aliphatic heterocycles. The Balaban J connectivity index is 2.86. The van der Waals surface area contributed by atoms with E-state index in [1.54, 1.807) is 6.07 Å². The summed E-state index contributed by atoms with van der Waals surface area (Å²) in [4.78, 5) is 17.3. The van der Waals surface area contributed by atoms with Gasteiger partial charge in [-0.2, -0.15) is 0 Å². The molecule has 0 saturated heterocycles. The van der Waals surface area contributed by atoms with Gasteiger partial charge in [0.25, 0.3) is 0 Å². The smallest absolute Gasteiger partial charge is 0.236 e. The quantitative estimate of drug-likeness (QED) is 0.773. The molecule has 94 valence electrons. The molecule has 0 aromatic carbocycles. The molecular weight excluding hydrogens is 216 g/mol. The number of unbranched alkanes of at least 4 members (excludes halogenated alkanes) is 1. The number of anilines is 2. The molecule has 0 unspecified atom stereocenters. The highest BCUT2D eigenvalue weighted by Crippen LogP contribution is 2.16. The van der Waals surface area contributed by atoms with Gasteiger partial charge in [-0.3, -0.25) is 4.79 Å². The normalized spacial score (nSPS) is 10.2. The fourth-order valence-corrected chi connectivity index (χ4v) is 1.55. The van der Waals surface area contributed by atoms with Crippen molar-refractivity contribution < 1.29 is 4.79 Å². The topological polar surface area (TPSA) is 85.2 Å². The van der Waals surface area contributed by atoms with Crippen LogP contribution >= 0.6 is 0 Å². The van der Waals surface area contributed by atoms with Crippen molar-refractivity contribution in [2.24, 2.45) is 5.73 Å². The number of nitrogens with two attached hydrogens (primary N) is 2. The molecule has 0 fully saturated rings. The summed E-state index contributed by atoms with van der Waals surface area (Å²) in [6.45, 7) is 4.91. The Hall–Kier alpha value is -1.78. The van der Waals surface area contributed by atoms with Crippen molar-refractivity contribution in [2.45, 2.75) is 26.7 Å². The zero-order chi connectivity index (χ0) is 12.8. The van der Waals surface area contributed by atoms with Gasteiger partial charge in [-0.15, -0.1) is 0 Å². The van der Waals surface area contributed by atoms with Crippen LogP contribution in [0.2, 0.25) is 0 Å². The van der Waals surface area contributed by atoms with E-state index in [9.17, 15) is 4.79 Å². The maximum absolute atomic E-state index is 11.0. The Morgan fingerprint density at radius 1 is 1.47 bits per heavy atom. The monoisotopic (exact) mass is 236 g/mol. The first-order valence-electron chi connectivity index (χ1n) is 5.81. The minimum absolute atomic E-state index is 0.191. The number of primary amides is 1. The lowest BCUT2D eigenvalue weighted by atomic mass is 10.2. The third kappa shape index (κ3) is 3.94. The predicted molar refractivity (Wildman–Crippen MR) is 69.7 cm³/mol. The van der Waals surface area contributed by atoms with Crippen LogP contribution in [0.1, 0.15) is 25.5 Å². The Morgan fingerprint density at radius 2 is 2.18 bits per heavy atom. The number of aryl methyl sites for hydroxylation is 1. The van der Waals surface area contributed by atoms with Crippen LogP contribution < -0.4 is 16.4 Å². The third-order valence-corrected chi connectivity index (χ3v) is 2.56. The van der Waals surface area contributed by atoms with Crippen molar-refractivity contribution in [1.82, 2.24) is 4.98 Å². The molecule has 1 amide bonds.